The van der Waals surface area contributed by atoms with Gasteiger partial charge >= 0.3 is 21.1 Å². The van der Waals surface area contributed by atoms with Gasteiger partial charge in [0.2, 0.25) is 0 Å². The van der Waals surface area contributed by atoms with Crippen molar-refractivity contribution in [2.75, 3.05) is 0 Å². The summed E-state index contributed by atoms with van der Waals surface area (Å²) >= 11 is 0. The number of aromatic nitrogens is 4. The van der Waals surface area contributed by atoms with E-state index < -0.39 is 0 Å². The first-order chi connectivity index (χ1) is 24.6. The van der Waals surface area contributed by atoms with Crippen molar-refractivity contribution in [3.63, 3.8) is 0 Å². The molecule has 52 heavy (non-hydrogen) atoms. The van der Waals surface area contributed by atoms with Crippen LogP contribution in [0.15, 0.2) is 91.1 Å². The van der Waals surface area contributed by atoms with Gasteiger partial charge in [-0.1, -0.05) is 95.4 Å². The van der Waals surface area contributed by atoms with E-state index in [-0.39, 0.29) is 27.0 Å². The second-order valence-corrected chi connectivity index (χ2v) is 14.9. The SMILES string of the molecule is Cc1ccnc(-n2c3[c-]c(Oc4[c-]c(-n5nc(C)c(-c6ccccc6)c5C)cc(C(C)C)c4)ccc3c3cc(C(C)CCCC(C)C)ccc32)c1.[Pt+2]. The van der Waals surface area contributed by atoms with Crippen LogP contribution in [0.25, 0.3) is 44.4 Å². The van der Waals surface area contributed by atoms with Crippen molar-refractivity contribution < 1.29 is 25.8 Å². The summed E-state index contributed by atoms with van der Waals surface area (Å²) in [5, 5.41) is 7.32. The smallest absolute Gasteiger partial charge is 0.509 e. The first-order valence-corrected chi connectivity index (χ1v) is 18.4. The van der Waals surface area contributed by atoms with Crippen molar-refractivity contribution in [1.82, 2.24) is 19.3 Å². The van der Waals surface area contributed by atoms with Gasteiger partial charge in [-0.25, -0.2) is 4.98 Å². The Bertz CT molecular complexity index is 2330. The molecule has 1 atom stereocenters. The van der Waals surface area contributed by atoms with E-state index in [0.717, 1.165) is 67.5 Å². The Hall–Kier alpha value is -4.47. The summed E-state index contributed by atoms with van der Waals surface area (Å²) in [4.78, 5) is 4.81. The van der Waals surface area contributed by atoms with Crippen molar-refractivity contribution >= 4 is 21.8 Å². The molecule has 0 aliphatic carbocycles. The molecule has 3 heterocycles. The maximum absolute atomic E-state index is 6.65. The Kier molecular flexibility index (Phi) is 11.2. The number of pyridine rings is 1. The third kappa shape index (κ3) is 7.52. The number of fused-ring (bicyclic) bond motifs is 3. The molecule has 0 fully saturated rings. The predicted octanol–water partition coefficient (Wildman–Crippen LogP) is 12.4. The first kappa shape index (κ1) is 37.3. The molecule has 0 amide bonds. The quantitative estimate of drug-likeness (QED) is 0.122. The van der Waals surface area contributed by atoms with Crippen LogP contribution in [-0.2, 0) is 21.1 Å². The predicted molar refractivity (Wildman–Crippen MR) is 211 cm³/mol. The van der Waals surface area contributed by atoms with Gasteiger partial charge in [0, 0.05) is 34.5 Å². The Morgan fingerprint density at radius 3 is 2.27 bits per heavy atom. The maximum Gasteiger partial charge on any atom is 2.00 e. The second kappa shape index (κ2) is 15.6. The summed E-state index contributed by atoms with van der Waals surface area (Å²) in [6, 6.07) is 37.2. The molecule has 0 N–H and O–H groups in total. The molecule has 268 valence electrons. The van der Waals surface area contributed by atoms with E-state index in [4.69, 9.17) is 14.8 Å². The van der Waals surface area contributed by atoms with Gasteiger partial charge in [-0.3, -0.25) is 4.68 Å². The van der Waals surface area contributed by atoms with E-state index in [1.165, 1.54) is 30.2 Å². The van der Waals surface area contributed by atoms with Crippen molar-refractivity contribution in [2.24, 2.45) is 5.92 Å². The second-order valence-electron chi connectivity index (χ2n) is 14.9. The van der Waals surface area contributed by atoms with E-state index in [0.29, 0.717) is 17.4 Å². The van der Waals surface area contributed by atoms with Gasteiger partial charge in [-0.05, 0) is 90.9 Å². The monoisotopic (exact) mass is 867 g/mol. The van der Waals surface area contributed by atoms with E-state index in [9.17, 15) is 0 Å². The van der Waals surface area contributed by atoms with Crippen molar-refractivity contribution in [3.05, 3.63) is 131 Å². The van der Waals surface area contributed by atoms with Crippen molar-refractivity contribution in [2.45, 2.75) is 86.5 Å². The molecule has 0 aliphatic heterocycles. The van der Waals surface area contributed by atoms with E-state index in [2.05, 4.69) is 139 Å². The van der Waals surface area contributed by atoms with E-state index >= 15 is 0 Å². The average molecular weight is 868 g/mol. The Morgan fingerprint density at radius 2 is 1.54 bits per heavy atom. The molecular weight excluding hydrogens is 820 g/mol. The van der Waals surface area contributed by atoms with Crippen LogP contribution in [0, 0.1) is 38.8 Å². The zero-order valence-electron chi connectivity index (χ0n) is 31.5. The Labute approximate surface area is 323 Å². The number of ether oxygens (including phenoxy) is 1. The van der Waals surface area contributed by atoms with Crippen LogP contribution >= 0.6 is 0 Å². The summed E-state index contributed by atoms with van der Waals surface area (Å²) in [6.45, 7) is 17.7. The molecule has 7 aromatic rings. The minimum Gasteiger partial charge on any atom is -0.509 e. The van der Waals surface area contributed by atoms with Crippen LogP contribution < -0.4 is 4.74 Å². The van der Waals surface area contributed by atoms with Gasteiger partial charge in [-0.15, -0.1) is 41.3 Å². The Balaban J connectivity index is 0.00000464. The zero-order chi connectivity index (χ0) is 35.8. The average Bonchev–Trinajstić information content (AvgIpc) is 3.60. The fourth-order valence-electron chi connectivity index (χ4n) is 7.26. The van der Waals surface area contributed by atoms with Crippen LogP contribution in [0.1, 0.15) is 93.8 Å². The summed E-state index contributed by atoms with van der Waals surface area (Å²) < 4.78 is 10.9. The molecule has 3 aromatic heterocycles. The van der Waals surface area contributed by atoms with Gasteiger partial charge in [0.15, 0.2) is 0 Å². The third-order valence-corrected chi connectivity index (χ3v) is 10.1. The normalized spacial score (nSPS) is 12.2. The molecule has 4 aromatic carbocycles. The summed E-state index contributed by atoms with van der Waals surface area (Å²) in [7, 11) is 0. The first-order valence-electron chi connectivity index (χ1n) is 18.4. The molecule has 6 heteroatoms. The third-order valence-electron chi connectivity index (χ3n) is 10.1. The van der Waals surface area contributed by atoms with Crippen molar-refractivity contribution in [1.29, 1.82) is 0 Å². The summed E-state index contributed by atoms with van der Waals surface area (Å²) in [5.74, 6) is 3.64. The molecule has 0 radical (unpaired) electrons. The fourth-order valence-corrected chi connectivity index (χ4v) is 7.26. The number of hydrogen-bond acceptors (Lipinski definition) is 3. The van der Waals surface area contributed by atoms with E-state index in [1.54, 1.807) is 0 Å². The van der Waals surface area contributed by atoms with E-state index in [1.807, 2.05) is 29.1 Å². The molecule has 5 nitrogen and oxygen atoms in total. The summed E-state index contributed by atoms with van der Waals surface area (Å²) in [5.41, 5.74) is 10.9. The van der Waals surface area contributed by atoms with Gasteiger partial charge in [0.1, 0.15) is 5.82 Å². The molecule has 7 rings (SSSR count). The maximum atomic E-state index is 6.65. The molecule has 1 unspecified atom stereocenters. The largest absolute Gasteiger partial charge is 2.00 e. The van der Waals surface area contributed by atoms with Crippen LogP contribution in [0.3, 0.4) is 0 Å². The number of benzene rings is 4. The molecule has 0 spiro atoms. The molecular formula is C46H48N4OPt. The zero-order valence-corrected chi connectivity index (χ0v) is 33.8. The van der Waals surface area contributed by atoms with Gasteiger partial charge < -0.3 is 9.30 Å². The van der Waals surface area contributed by atoms with Crippen LogP contribution in [0.4, 0.5) is 0 Å². The topological polar surface area (TPSA) is 44.9 Å². The van der Waals surface area contributed by atoms with Crippen LogP contribution in [0.2, 0.25) is 0 Å². The Morgan fingerprint density at radius 1 is 0.750 bits per heavy atom. The van der Waals surface area contributed by atoms with Gasteiger partial charge in [0.25, 0.3) is 0 Å². The minimum atomic E-state index is 0. The standard InChI is InChI=1S/C46H48N4O.Pt/c1-29(2)13-12-14-32(6)36-17-20-43-42(26-36)41-19-18-39(28-44(41)49(43)45-23-31(5)21-22-47-45)51-40-25-37(30(3)4)24-38(27-40)50-34(8)46(33(7)48-50)35-15-10-9-11-16-35;/h9-11,15-26,29-30,32H,12-14H2,1-8H3;/q-2;+2. The molecule has 0 saturated heterocycles. The van der Waals surface area contributed by atoms with Crippen LogP contribution in [0.5, 0.6) is 11.5 Å². The minimum absolute atomic E-state index is 0. The summed E-state index contributed by atoms with van der Waals surface area (Å²) in [6.07, 6.45) is 5.57. The molecule has 0 aliphatic rings. The number of aryl methyl sites for hydroxylation is 2. The fraction of sp³-hybridized carbons (Fsp3) is 0.304. The van der Waals surface area contributed by atoms with Gasteiger partial charge in [-0.2, -0.15) is 11.2 Å². The van der Waals surface area contributed by atoms with Gasteiger partial charge in [0.05, 0.1) is 5.69 Å². The number of hydrogen-bond donors (Lipinski definition) is 0. The number of rotatable bonds is 11. The molecule has 0 saturated carbocycles. The number of nitrogens with zero attached hydrogens (tertiary/aromatic N) is 4. The van der Waals surface area contributed by atoms with Crippen molar-refractivity contribution in [3.8, 4) is 34.1 Å². The van der Waals surface area contributed by atoms with Crippen LogP contribution in [-0.4, -0.2) is 19.3 Å². The molecule has 0 bridgehead atoms.